The Labute approximate surface area is 360 Å². The highest BCUT2D eigenvalue weighted by molar-refractivity contribution is 7.16. The van der Waals surface area contributed by atoms with Crippen LogP contribution in [0.4, 0.5) is 31.2 Å². The van der Waals surface area contributed by atoms with Gasteiger partial charge in [-0.3, -0.25) is 20.2 Å². The van der Waals surface area contributed by atoms with Crippen molar-refractivity contribution in [3.8, 4) is 0 Å². The highest BCUT2D eigenvalue weighted by Gasteiger charge is 2.27. The Balaban J connectivity index is 0.000000184. The van der Waals surface area contributed by atoms with E-state index < -0.39 is 12.1 Å². The lowest BCUT2D eigenvalue weighted by Crippen LogP contribution is -2.22. The highest BCUT2D eigenvalue weighted by Crippen LogP contribution is 2.33. The summed E-state index contributed by atoms with van der Waals surface area (Å²) in [6.07, 6.45) is 14.3. The average molecular weight is 865 g/mol. The van der Waals surface area contributed by atoms with Crippen LogP contribution >= 0.6 is 22.7 Å². The smallest absolute Gasteiger partial charge is 0.307 e. The second-order valence-electron chi connectivity index (χ2n) is 15.3. The number of benzene rings is 2. The number of Topliss-reactive ketones (excluding diaryl/α,β-unsaturated/α-hetero) is 2. The lowest BCUT2D eigenvalue weighted by Gasteiger charge is -2.14. The normalized spacial score (nSPS) is 14.0. The Morgan fingerprint density at radius 3 is 1.64 bits per heavy atom. The first-order valence-electron chi connectivity index (χ1n) is 20.4. The van der Waals surface area contributed by atoms with Gasteiger partial charge in [0.1, 0.15) is 5.82 Å². The summed E-state index contributed by atoms with van der Waals surface area (Å²) >= 11 is 2.80. The number of carbonyl (C=O) groups excluding carboxylic acids is 4. The molecule has 2 fully saturated rings. The van der Waals surface area contributed by atoms with E-state index in [-0.39, 0.29) is 23.4 Å². The van der Waals surface area contributed by atoms with E-state index in [4.69, 9.17) is 0 Å². The van der Waals surface area contributed by atoms with Crippen LogP contribution in [0, 0.1) is 25.7 Å². The van der Waals surface area contributed by atoms with Gasteiger partial charge < -0.3 is 10.6 Å². The van der Waals surface area contributed by atoms with Gasteiger partial charge in [0, 0.05) is 65.0 Å². The molecule has 0 bridgehead atoms. The van der Waals surface area contributed by atoms with E-state index in [9.17, 15) is 19.2 Å². The zero-order valence-electron chi connectivity index (χ0n) is 34.2. The minimum Gasteiger partial charge on any atom is -0.307 e. The molecule has 61 heavy (non-hydrogen) atoms. The number of hydrogen-bond acceptors (Lipinski definition) is 14. The zero-order chi connectivity index (χ0) is 42.7. The van der Waals surface area contributed by atoms with E-state index in [1.54, 1.807) is 36.3 Å². The first-order valence-corrected chi connectivity index (χ1v) is 22.0. The van der Waals surface area contributed by atoms with E-state index in [1.807, 2.05) is 38.1 Å². The molecule has 0 aliphatic heterocycles. The highest BCUT2D eigenvalue weighted by atomic mass is 32.1. The van der Waals surface area contributed by atoms with Gasteiger partial charge in [-0.25, -0.2) is 29.3 Å². The van der Waals surface area contributed by atoms with Crippen LogP contribution in [-0.2, 0) is 32.7 Å². The molecule has 0 unspecified atom stereocenters. The third kappa shape index (κ3) is 11.7. The van der Waals surface area contributed by atoms with E-state index in [0.29, 0.717) is 51.4 Å². The predicted octanol–water partition coefficient (Wildman–Crippen LogP) is 7.54. The Bertz CT molecular complexity index is 2450. The molecule has 2 aliphatic rings. The lowest BCUT2D eigenvalue weighted by molar-refractivity contribution is 0.0916. The molecule has 0 spiro atoms. The summed E-state index contributed by atoms with van der Waals surface area (Å²) in [6.45, 7) is 3.89. The van der Waals surface area contributed by atoms with Crippen molar-refractivity contribution in [2.24, 2.45) is 18.9 Å². The summed E-state index contributed by atoms with van der Waals surface area (Å²) in [5.41, 5.74) is 4.22. The number of aryl methyl sites for hydroxylation is 7. The third-order valence-electron chi connectivity index (χ3n) is 10.7. The molecule has 4 heterocycles. The van der Waals surface area contributed by atoms with Crippen molar-refractivity contribution in [2.45, 2.75) is 90.9 Å². The molecule has 18 nitrogen and oxygen atoms in total. The number of ketones is 2. The maximum absolute atomic E-state index is 13.0. The van der Waals surface area contributed by atoms with Gasteiger partial charge in [0.15, 0.2) is 27.7 Å². The van der Waals surface area contributed by atoms with Gasteiger partial charge in [0.2, 0.25) is 0 Å². The van der Waals surface area contributed by atoms with Crippen LogP contribution < -0.4 is 21.3 Å². The van der Waals surface area contributed by atoms with Gasteiger partial charge in [-0.2, -0.15) is 0 Å². The molecule has 4 aromatic heterocycles. The van der Waals surface area contributed by atoms with Crippen molar-refractivity contribution in [1.82, 2.24) is 50.8 Å². The maximum Gasteiger partial charge on any atom is 0.325 e. The molecule has 8 rings (SSSR count). The van der Waals surface area contributed by atoms with Crippen LogP contribution in [0.25, 0.3) is 0 Å². The number of nitrogens with one attached hydrogen (secondary N) is 5. The van der Waals surface area contributed by atoms with Crippen molar-refractivity contribution < 1.29 is 19.2 Å². The number of aromatic nitrogens is 10. The fourth-order valence-electron chi connectivity index (χ4n) is 7.44. The van der Waals surface area contributed by atoms with E-state index in [1.165, 1.54) is 22.7 Å². The van der Waals surface area contributed by atoms with Crippen LogP contribution in [0.15, 0.2) is 48.8 Å². The molecular formula is C41H48N14O4S2. The van der Waals surface area contributed by atoms with Crippen molar-refractivity contribution in [3.05, 3.63) is 92.4 Å². The number of aromatic amines is 1. The zero-order valence-corrected chi connectivity index (χ0v) is 35.9. The fourth-order valence-corrected chi connectivity index (χ4v) is 9.06. The van der Waals surface area contributed by atoms with Gasteiger partial charge in [-0.15, -0.1) is 32.9 Å². The minimum absolute atomic E-state index is 0.0519. The summed E-state index contributed by atoms with van der Waals surface area (Å²) in [5.74, 6) is 1.83. The first kappa shape index (κ1) is 42.8. The second-order valence-corrected chi connectivity index (χ2v) is 17.5. The van der Waals surface area contributed by atoms with Gasteiger partial charge in [0.05, 0.1) is 11.4 Å². The fraction of sp³-hybridized carbons (Fsp3) is 0.415. The SMILES string of the molecule is Cc1ccc(NC(=O)Nc2ncc(CCc3nnn[nH]3)s2)c(C(=O)C2CCCC2)c1.Cc1ccc(NC(=O)Nc2ncc(CCc3nnnn3C)s2)c(C(=O)C2CCCC2)c1. The number of urea groups is 2. The quantitative estimate of drug-likeness (QED) is 0.0667. The van der Waals surface area contributed by atoms with Crippen LogP contribution in [-0.4, -0.2) is 74.4 Å². The molecule has 6 aromatic rings. The number of nitrogens with zero attached hydrogens (tertiary/aromatic N) is 9. The standard InChI is InChI=1S/C21H25N7O2S.C20H23N7O2S/c1-13-7-9-17(16(11-13)19(29)14-5-3-4-6-14)23-20(30)24-21-22-12-15(31-21)8-10-18-25-26-27-28(18)2;1-12-6-8-16(15(10-12)18(28)13-4-2-3-5-13)22-19(29)23-20-21-11-14(30-20)7-9-17-24-26-27-25-17/h7,9,11-12,14H,3-6,8,10H2,1-2H3,(H2,22,23,24,30);6,8,10-11,13H,2-5,7,9H2,1H3,(H2,21,22,23,29)(H,24,25,26,27). The molecule has 0 atom stereocenters. The monoisotopic (exact) mass is 864 g/mol. The molecule has 0 radical (unpaired) electrons. The molecule has 318 valence electrons. The van der Waals surface area contributed by atoms with Crippen molar-refractivity contribution in [1.29, 1.82) is 0 Å². The number of carbonyl (C=O) groups is 4. The lowest BCUT2D eigenvalue weighted by atomic mass is 9.94. The number of rotatable bonds is 14. The van der Waals surface area contributed by atoms with Gasteiger partial charge in [-0.05, 0) is 97.5 Å². The number of thiazole rings is 2. The summed E-state index contributed by atoms with van der Waals surface area (Å²) in [6, 6.07) is 10.2. The Morgan fingerprint density at radius 1 is 0.672 bits per heavy atom. The largest absolute Gasteiger partial charge is 0.325 e. The summed E-state index contributed by atoms with van der Waals surface area (Å²) in [5, 5.41) is 37.2. The van der Waals surface area contributed by atoms with Gasteiger partial charge in [-0.1, -0.05) is 48.9 Å². The Kier molecular flexibility index (Phi) is 14.3. The molecular weight excluding hydrogens is 817 g/mol. The average Bonchev–Trinajstić information content (AvgIpc) is 4.10. The third-order valence-corrected chi connectivity index (χ3v) is 12.6. The van der Waals surface area contributed by atoms with Crippen LogP contribution in [0.2, 0.25) is 0 Å². The van der Waals surface area contributed by atoms with Crippen LogP contribution in [0.3, 0.4) is 0 Å². The molecule has 2 aromatic carbocycles. The minimum atomic E-state index is -0.417. The molecule has 2 aliphatic carbocycles. The van der Waals surface area contributed by atoms with E-state index in [0.717, 1.165) is 90.9 Å². The number of tetrazole rings is 2. The van der Waals surface area contributed by atoms with E-state index in [2.05, 4.69) is 67.4 Å². The summed E-state index contributed by atoms with van der Waals surface area (Å²) in [4.78, 5) is 61.5. The van der Waals surface area contributed by atoms with Crippen molar-refractivity contribution in [2.75, 3.05) is 21.3 Å². The van der Waals surface area contributed by atoms with Crippen molar-refractivity contribution >= 4 is 67.9 Å². The number of anilines is 4. The van der Waals surface area contributed by atoms with Gasteiger partial charge >= 0.3 is 12.1 Å². The number of amides is 4. The molecule has 4 amide bonds. The second kappa shape index (κ2) is 20.3. The summed E-state index contributed by atoms with van der Waals surface area (Å²) < 4.78 is 1.64. The van der Waals surface area contributed by atoms with Crippen LogP contribution in [0.1, 0.15) is 105 Å². The number of hydrogen-bond donors (Lipinski definition) is 5. The van der Waals surface area contributed by atoms with Crippen molar-refractivity contribution in [3.63, 3.8) is 0 Å². The molecule has 20 heteroatoms. The molecule has 0 saturated heterocycles. The molecule has 2 saturated carbocycles. The predicted molar refractivity (Wildman–Crippen MR) is 232 cm³/mol. The Morgan fingerprint density at radius 2 is 1.18 bits per heavy atom. The summed E-state index contributed by atoms with van der Waals surface area (Å²) in [7, 11) is 1.80. The van der Waals surface area contributed by atoms with E-state index >= 15 is 0 Å². The number of H-pyrrole nitrogens is 1. The van der Waals surface area contributed by atoms with Gasteiger partial charge in [0.25, 0.3) is 0 Å². The maximum atomic E-state index is 13.0. The molecule has 5 N–H and O–H groups in total. The van der Waals surface area contributed by atoms with Crippen LogP contribution in [0.5, 0.6) is 0 Å². The topological polar surface area (TPSA) is 240 Å². The Hall–Kier alpha value is -6.28. The first-order chi connectivity index (χ1) is 29.6.